The van der Waals surface area contributed by atoms with E-state index in [4.69, 9.17) is 4.98 Å². The van der Waals surface area contributed by atoms with Gasteiger partial charge in [-0.1, -0.05) is 30.6 Å². The molecule has 1 unspecified atom stereocenters. The Balaban J connectivity index is 1.21. The molecule has 4 heterocycles. The number of fused-ring (bicyclic) bond motifs is 1. The number of aromatic nitrogens is 2. The molecule has 1 atom stereocenters. The topological polar surface area (TPSA) is 69.6 Å². The number of thiazole rings is 1. The van der Waals surface area contributed by atoms with E-state index in [0.29, 0.717) is 13.1 Å². The number of carbonyl (C=O) groups excluding carboxylic acids is 2. The molecule has 0 spiro atoms. The van der Waals surface area contributed by atoms with Crippen LogP contribution in [0.25, 0.3) is 10.3 Å². The molecule has 2 saturated heterocycles. The summed E-state index contributed by atoms with van der Waals surface area (Å²) in [4.78, 5) is 42.5. The smallest absolute Gasteiger partial charge is 0.245 e. The first-order valence-corrected chi connectivity index (χ1v) is 12.1. The van der Waals surface area contributed by atoms with E-state index in [1.165, 1.54) is 6.42 Å². The van der Waals surface area contributed by atoms with Crippen molar-refractivity contribution >= 4 is 38.6 Å². The first-order valence-electron chi connectivity index (χ1n) is 11.3. The van der Waals surface area contributed by atoms with Crippen molar-refractivity contribution in [3.8, 4) is 0 Å². The molecule has 0 aromatic carbocycles. The third-order valence-corrected chi connectivity index (χ3v) is 7.83. The summed E-state index contributed by atoms with van der Waals surface area (Å²) in [5.41, 5.74) is 0.929. The molecule has 2 aromatic heterocycles. The Hall–Kier alpha value is -2.22. The van der Waals surface area contributed by atoms with Gasteiger partial charge < -0.3 is 14.7 Å². The van der Waals surface area contributed by atoms with Crippen LogP contribution in [-0.2, 0) is 9.59 Å². The van der Waals surface area contributed by atoms with Crippen LogP contribution < -0.4 is 4.90 Å². The number of amides is 2. The van der Waals surface area contributed by atoms with E-state index >= 15 is 0 Å². The number of likely N-dealkylation sites (tertiary alicyclic amines) is 1. The van der Waals surface area contributed by atoms with Crippen molar-refractivity contribution in [2.24, 2.45) is 5.92 Å². The highest BCUT2D eigenvalue weighted by Crippen LogP contribution is 2.30. The summed E-state index contributed by atoms with van der Waals surface area (Å²) in [6.07, 6.45) is 9.05. The number of rotatable bonds is 3. The van der Waals surface area contributed by atoms with E-state index in [-0.39, 0.29) is 23.8 Å². The van der Waals surface area contributed by atoms with Crippen molar-refractivity contribution in [3.05, 3.63) is 18.3 Å². The van der Waals surface area contributed by atoms with E-state index in [1.807, 2.05) is 21.9 Å². The molecule has 2 aliphatic heterocycles. The molecule has 0 bridgehead atoms. The van der Waals surface area contributed by atoms with Gasteiger partial charge >= 0.3 is 0 Å². The molecule has 3 fully saturated rings. The summed E-state index contributed by atoms with van der Waals surface area (Å²) >= 11 is 1.61. The summed E-state index contributed by atoms with van der Waals surface area (Å²) in [5.74, 6) is 0.505. The number of pyridine rings is 1. The summed E-state index contributed by atoms with van der Waals surface area (Å²) < 4.78 is 0. The van der Waals surface area contributed by atoms with Gasteiger partial charge in [0, 0.05) is 44.8 Å². The third-order valence-electron chi connectivity index (χ3n) is 6.79. The largest absolute Gasteiger partial charge is 0.344 e. The van der Waals surface area contributed by atoms with Gasteiger partial charge in [0.15, 0.2) is 5.13 Å². The minimum Gasteiger partial charge on any atom is -0.344 e. The molecule has 5 rings (SSSR count). The highest BCUT2D eigenvalue weighted by molar-refractivity contribution is 7.21. The second kappa shape index (κ2) is 8.49. The number of hydrogen-bond donors (Lipinski definition) is 0. The molecule has 30 heavy (non-hydrogen) atoms. The van der Waals surface area contributed by atoms with Crippen molar-refractivity contribution in [3.63, 3.8) is 0 Å². The zero-order valence-corrected chi connectivity index (χ0v) is 18.1. The van der Waals surface area contributed by atoms with Crippen LogP contribution >= 0.6 is 11.3 Å². The van der Waals surface area contributed by atoms with Gasteiger partial charge in [0.1, 0.15) is 16.4 Å². The van der Waals surface area contributed by atoms with E-state index in [0.717, 1.165) is 73.6 Å². The predicted octanol–water partition coefficient (Wildman–Crippen LogP) is 2.91. The lowest BCUT2D eigenvalue weighted by molar-refractivity contribution is -0.146. The predicted molar refractivity (Wildman–Crippen MR) is 118 cm³/mol. The SMILES string of the molecule is O=C(C1CCCN1C(=O)C1CCCCC1)N1CCN(c2nc3cccnc3s2)CC1. The monoisotopic (exact) mass is 427 g/mol. The highest BCUT2D eigenvalue weighted by Gasteiger charge is 2.39. The zero-order valence-electron chi connectivity index (χ0n) is 17.3. The number of piperazine rings is 1. The maximum atomic E-state index is 13.3. The fourth-order valence-corrected chi connectivity index (χ4v) is 6.05. The van der Waals surface area contributed by atoms with Crippen LogP contribution in [0.1, 0.15) is 44.9 Å². The van der Waals surface area contributed by atoms with Crippen LogP contribution in [0.15, 0.2) is 18.3 Å². The number of nitrogens with zero attached hydrogens (tertiary/aromatic N) is 5. The molecular formula is C22H29N5O2S. The number of anilines is 1. The second-order valence-corrected chi connectivity index (χ2v) is 9.62. The fourth-order valence-electron chi connectivity index (χ4n) is 5.09. The highest BCUT2D eigenvalue weighted by atomic mass is 32.1. The first-order chi connectivity index (χ1) is 14.7. The van der Waals surface area contributed by atoms with E-state index < -0.39 is 0 Å². The summed E-state index contributed by atoms with van der Waals surface area (Å²) in [5, 5.41) is 0.978. The Labute approximate surface area is 181 Å². The Kier molecular flexibility index (Phi) is 5.58. The summed E-state index contributed by atoms with van der Waals surface area (Å²) in [6, 6.07) is 3.64. The maximum Gasteiger partial charge on any atom is 0.245 e. The van der Waals surface area contributed by atoms with Gasteiger partial charge in [-0.3, -0.25) is 9.59 Å². The molecule has 1 saturated carbocycles. The molecule has 7 nitrogen and oxygen atoms in total. The number of hydrogen-bond acceptors (Lipinski definition) is 6. The minimum absolute atomic E-state index is 0.136. The first kappa shape index (κ1) is 19.7. The van der Waals surface area contributed by atoms with Crippen LogP contribution in [0.2, 0.25) is 0 Å². The maximum absolute atomic E-state index is 13.3. The molecule has 1 aliphatic carbocycles. The lowest BCUT2D eigenvalue weighted by Gasteiger charge is -2.38. The van der Waals surface area contributed by atoms with Crippen molar-refractivity contribution in [2.75, 3.05) is 37.6 Å². The van der Waals surface area contributed by atoms with Gasteiger partial charge in [0.25, 0.3) is 0 Å². The average molecular weight is 428 g/mol. The Morgan fingerprint density at radius 2 is 1.73 bits per heavy atom. The third kappa shape index (κ3) is 3.77. The van der Waals surface area contributed by atoms with Crippen molar-refractivity contribution in [2.45, 2.75) is 51.0 Å². The van der Waals surface area contributed by atoms with Crippen molar-refractivity contribution < 1.29 is 9.59 Å². The Morgan fingerprint density at radius 1 is 0.933 bits per heavy atom. The van der Waals surface area contributed by atoms with Crippen LogP contribution in [0.4, 0.5) is 5.13 Å². The van der Waals surface area contributed by atoms with E-state index in [2.05, 4.69) is 9.88 Å². The van der Waals surface area contributed by atoms with Crippen molar-refractivity contribution in [1.82, 2.24) is 19.8 Å². The van der Waals surface area contributed by atoms with Gasteiger partial charge in [0.2, 0.25) is 11.8 Å². The molecular weight excluding hydrogens is 398 g/mol. The molecule has 2 aromatic rings. The molecule has 8 heteroatoms. The molecule has 3 aliphatic rings. The lowest BCUT2D eigenvalue weighted by atomic mass is 9.88. The minimum atomic E-state index is -0.252. The normalized spacial score (nSPS) is 23.3. The second-order valence-electron chi connectivity index (χ2n) is 8.66. The van der Waals surface area contributed by atoms with Gasteiger partial charge in [-0.25, -0.2) is 9.97 Å². The van der Waals surface area contributed by atoms with Gasteiger partial charge in [-0.05, 0) is 37.8 Å². The quantitative estimate of drug-likeness (QED) is 0.753. The van der Waals surface area contributed by atoms with Crippen LogP contribution in [0.5, 0.6) is 0 Å². The lowest BCUT2D eigenvalue weighted by Crippen LogP contribution is -2.55. The van der Waals surface area contributed by atoms with E-state index in [1.54, 1.807) is 17.5 Å². The van der Waals surface area contributed by atoms with E-state index in [9.17, 15) is 9.59 Å². The summed E-state index contributed by atoms with van der Waals surface area (Å²) in [6.45, 7) is 3.66. The average Bonchev–Trinajstić information content (AvgIpc) is 3.46. The van der Waals surface area contributed by atoms with Gasteiger partial charge in [-0.15, -0.1) is 0 Å². The standard InChI is InChI=1S/C22H29N5O2S/c28-20(16-6-2-1-3-7-16)27-11-5-9-18(27)21(29)25-12-14-26(15-13-25)22-24-17-8-4-10-23-19(17)30-22/h4,8,10,16,18H,1-3,5-7,9,11-15H2. The van der Waals surface area contributed by atoms with Crippen molar-refractivity contribution in [1.29, 1.82) is 0 Å². The van der Waals surface area contributed by atoms with Gasteiger partial charge in [0.05, 0.1) is 0 Å². The fraction of sp³-hybridized carbons (Fsp3) is 0.636. The van der Waals surface area contributed by atoms with Crippen LogP contribution in [-0.4, -0.2) is 70.3 Å². The Morgan fingerprint density at radius 3 is 2.50 bits per heavy atom. The molecule has 2 amide bonds. The Bertz CT molecular complexity index is 884. The van der Waals surface area contributed by atoms with Crippen LogP contribution in [0, 0.1) is 5.92 Å². The zero-order chi connectivity index (χ0) is 20.5. The molecule has 0 N–H and O–H groups in total. The summed E-state index contributed by atoms with van der Waals surface area (Å²) in [7, 11) is 0. The molecule has 160 valence electrons. The number of carbonyl (C=O) groups is 2. The van der Waals surface area contributed by atoms with Gasteiger partial charge in [-0.2, -0.15) is 0 Å². The van der Waals surface area contributed by atoms with Crippen LogP contribution in [0.3, 0.4) is 0 Å². The molecule has 0 radical (unpaired) electrons.